The van der Waals surface area contributed by atoms with Gasteiger partial charge < -0.3 is 10.5 Å². The van der Waals surface area contributed by atoms with Crippen molar-refractivity contribution in [1.29, 1.82) is 0 Å². The van der Waals surface area contributed by atoms with Crippen LogP contribution in [0.25, 0.3) is 0 Å². The van der Waals surface area contributed by atoms with Gasteiger partial charge in [0.15, 0.2) is 0 Å². The lowest BCUT2D eigenvalue weighted by molar-refractivity contribution is 0.153. The average molecular weight is 282 g/mol. The van der Waals surface area contributed by atoms with E-state index in [9.17, 15) is 0 Å². The summed E-state index contributed by atoms with van der Waals surface area (Å²) in [5.74, 6) is 0.861. The Kier molecular flexibility index (Phi) is 5.53. The first-order valence-corrected chi connectivity index (χ1v) is 7.78. The van der Waals surface area contributed by atoms with Crippen LogP contribution in [-0.4, -0.2) is 12.1 Å². The number of benzene rings is 1. The van der Waals surface area contributed by atoms with Gasteiger partial charge in [-0.05, 0) is 50.2 Å². The van der Waals surface area contributed by atoms with Crippen molar-refractivity contribution in [1.82, 2.24) is 0 Å². The van der Waals surface area contributed by atoms with Crippen LogP contribution < -0.4 is 10.5 Å². The first-order chi connectivity index (χ1) is 9.20. The van der Waals surface area contributed by atoms with Gasteiger partial charge in [-0.3, -0.25) is 0 Å². The Morgan fingerprint density at radius 2 is 2.05 bits per heavy atom. The molecule has 106 valence electrons. The van der Waals surface area contributed by atoms with Gasteiger partial charge in [0.25, 0.3) is 0 Å². The fraction of sp³-hybridized carbons (Fsp3) is 0.625. The molecule has 0 spiro atoms. The molecule has 0 aromatic heterocycles. The number of para-hydroxylation sites is 1. The van der Waals surface area contributed by atoms with Crippen molar-refractivity contribution < 1.29 is 4.74 Å². The molecule has 1 unspecified atom stereocenters. The molecule has 0 radical (unpaired) electrons. The van der Waals surface area contributed by atoms with Crippen LogP contribution in [0.5, 0.6) is 5.75 Å². The quantitative estimate of drug-likeness (QED) is 0.872. The van der Waals surface area contributed by atoms with Gasteiger partial charge in [0.1, 0.15) is 5.75 Å². The highest BCUT2D eigenvalue weighted by molar-refractivity contribution is 6.32. The number of nitrogens with two attached hydrogens (primary N) is 1. The van der Waals surface area contributed by atoms with Crippen molar-refractivity contribution in [3.8, 4) is 5.75 Å². The fourth-order valence-corrected chi connectivity index (χ4v) is 2.86. The predicted octanol–water partition coefficient (Wildman–Crippen LogP) is 4.33. The maximum Gasteiger partial charge on any atom is 0.141 e. The second-order valence-corrected chi connectivity index (χ2v) is 5.89. The van der Waals surface area contributed by atoms with Gasteiger partial charge >= 0.3 is 0 Å². The van der Waals surface area contributed by atoms with Crippen LogP contribution in [0.15, 0.2) is 18.2 Å². The SMILES string of the molecule is CCC(N)Cc1cccc(Cl)c1OC1CCCCC1. The third kappa shape index (κ3) is 4.12. The second kappa shape index (κ2) is 7.16. The predicted molar refractivity (Wildman–Crippen MR) is 80.9 cm³/mol. The summed E-state index contributed by atoms with van der Waals surface area (Å²) < 4.78 is 6.18. The van der Waals surface area contributed by atoms with Crippen LogP contribution in [-0.2, 0) is 6.42 Å². The van der Waals surface area contributed by atoms with Gasteiger partial charge in [-0.1, -0.05) is 37.1 Å². The first-order valence-electron chi connectivity index (χ1n) is 7.40. The van der Waals surface area contributed by atoms with Gasteiger partial charge in [-0.15, -0.1) is 0 Å². The van der Waals surface area contributed by atoms with Crippen molar-refractivity contribution in [3.63, 3.8) is 0 Å². The van der Waals surface area contributed by atoms with Crippen LogP contribution in [0.4, 0.5) is 0 Å². The van der Waals surface area contributed by atoms with E-state index >= 15 is 0 Å². The van der Waals surface area contributed by atoms with Crippen LogP contribution in [0, 0.1) is 0 Å². The average Bonchev–Trinajstić information content (AvgIpc) is 2.43. The van der Waals surface area contributed by atoms with Crippen molar-refractivity contribution in [3.05, 3.63) is 28.8 Å². The van der Waals surface area contributed by atoms with Crippen molar-refractivity contribution in [2.24, 2.45) is 5.73 Å². The van der Waals surface area contributed by atoms with Crippen molar-refractivity contribution in [2.45, 2.75) is 64.0 Å². The van der Waals surface area contributed by atoms with Gasteiger partial charge in [0.05, 0.1) is 11.1 Å². The molecule has 0 aliphatic heterocycles. The highest BCUT2D eigenvalue weighted by atomic mass is 35.5. The summed E-state index contributed by atoms with van der Waals surface area (Å²) in [5, 5.41) is 0.714. The van der Waals surface area contributed by atoms with Crippen molar-refractivity contribution in [2.75, 3.05) is 0 Å². The molecule has 0 bridgehead atoms. The molecule has 2 rings (SSSR count). The Morgan fingerprint density at radius 1 is 1.32 bits per heavy atom. The molecule has 1 fully saturated rings. The molecule has 0 saturated heterocycles. The number of hydrogen-bond acceptors (Lipinski definition) is 2. The van der Waals surface area contributed by atoms with E-state index in [0.717, 1.165) is 37.0 Å². The van der Waals surface area contributed by atoms with E-state index in [1.807, 2.05) is 12.1 Å². The molecule has 1 atom stereocenters. The molecule has 1 aliphatic carbocycles. The minimum absolute atomic E-state index is 0.173. The summed E-state index contributed by atoms with van der Waals surface area (Å²) in [6.07, 6.45) is 8.27. The Bertz CT molecular complexity index is 402. The molecular weight excluding hydrogens is 258 g/mol. The van der Waals surface area contributed by atoms with Crippen LogP contribution in [0.3, 0.4) is 0 Å². The Hall–Kier alpha value is -0.730. The lowest BCUT2D eigenvalue weighted by Gasteiger charge is -2.25. The molecule has 0 heterocycles. The summed E-state index contributed by atoms with van der Waals surface area (Å²) in [5.41, 5.74) is 7.20. The zero-order valence-corrected chi connectivity index (χ0v) is 12.5. The first kappa shape index (κ1) is 14.7. The van der Waals surface area contributed by atoms with E-state index in [4.69, 9.17) is 22.1 Å². The highest BCUT2D eigenvalue weighted by Crippen LogP contribution is 2.33. The number of halogens is 1. The second-order valence-electron chi connectivity index (χ2n) is 5.48. The molecule has 2 nitrogen and oxygen atoms in total. The van der Waals surface area contributed by atoms with E-state index < -0.39 is 0 Å². The van der Waals surface area contributed by atoms with E-state index in [0.29, 0.717) is 11.1 Å². The molecule has 1 aliphatic rings. The number of hydrogen-bond donors (Lipinski definition) is 1. The topological polar surface area (TPSA) is 35.2 Å². The van der Waals surface area contributed by atoms with Gasteiger partial charge in [-0.25, -0.2) is 0 Å². The summed E-state index contributed by atoms with van der Waals surface area (Å²) in [6.45, 7) is 2.11. The summed E-state index contributed by atoms with van der Waals surface area (Å²) in [4.78, 5) is 0. The maximum atomic E-state index is 6.31. The van der Waals surface area contributed by atoms with Gasteiger partial charge in [-0.2, -0.15) is 0 Å². The summed E-state index contributed by atoms with van der Waals surface area (Å²) in [6, 6.07) is 6.14. The minimum atomic E-state index is 0.173. The Morgan fingerprint density at radius 3 is 2.74 bits per heavy atom. The number of rotatable bonds is 5. The van der Waals surface area contributed by atoms with E-state index in [2.05, 4.69) is 13.0 Å². The normalized spacial score (nSPS) is 18.3. The third-order valence-electron chi connectivity index (χ3n) is 3.89. The third-order valence-corrected chi connectivity index (χ3v) is 4.19. The smallest absolute Gasteiger partial charge is 0.141 e. The van der Waals surface area contributed by atoms with E-state index in [1.54, 1.807) is 0 Å². The van der Waals surface area contributed by atoms with Crippen LogP contribution in [0.2, 0.25) is 5.02 Å². The largest absolute Gasteiger partial charge is 0.489 e. The minimum Gasteiger partial charge on any atom is -0.489 e. The van der Waals surface area contributed by atoms with E-state index in [-0.39, 0.29) is 6.04 Å². The molecule has 3 heteroatoms. The summed E-state index contributed by atoms with van der Waals surface area (Å²) >= 11 is 6.31. The molecular formula is C16H24ClNO. The zero-order chi connectivity index (χ0) is 13.7. The zero-order valence-electron chi connectivity index (χ0n) is 11.7. The summed E-state index contributed by atoms with van der Waals surface area (Å²) in [7, 11) is 0. The maximum absolute atomic E-state index is 6.31. The van der Waals surface area contributed by atoms with Gasteiger partial charge in [0, 0.05) is 6.04 Å². The Labute approximate surface area is 121 Å². The van der Waals surface area contributed by atoms with Crippen molar-refractivity contribution >= 4 is 11.6 Å². The fourth-order valence-electron chi connectivity index (χ4n) is 2.62. The molecule has 1 saturated carbocycles. The molecule has 0 amide bonds. The lowest BCUT2D eigenvalue weighted by atomic mass is 9.97. The van der Waals surface area contributed by atoms with Gasteiger partial charge in [0.2, 0.25) is 0 Å². The molecule has 1 aromatic rings. The highest BCUT2D eigenvalue weighted by Gasteiger charge is 2.18. The molecule has 1 aromatic carbocycles. The van der Waals surface area contributed by atoms with Crippen LogP contribution in [0.1, 0.15) is 51.0 Å². The lowest BCUT2D eigenvalue weighted by Crippen LogP contribution is -2.24. The molecule has 19 heavy (non-hydrogen) atoms. The molecule has 2 N–H and O–H groups in total. The monoisotopic (exact) mass is 281 g/mol. The Balaban J connectivity index is 2.12. The standard InChI is InChI=1S/C16H24ClNO/c1-2-13(18)11-12-7-6-10-15(17)16(12)19-14-8-4-3-5-9-14/h6-7,10,13-14H,2-5,8-9,11,18H2,1H3. The van der Waals surface area contributed by atoms with Crippen LogP contribution >= 0.6 is 11.6 Å². The number of ether oxygens (including phenoxy) is 1. The van der Waals surface area contributed by atoms with E-state index in [1.165, 1.54) is 19.3 Å².